The van der Waals surface area contributed by atoms with E-state index in [0.29, 0.717) is 33.3 Å². The van der Waals surface area contributed by atoms with Crippen LogP contribution in [0.15, 0.2) is 41.6 Å². The summed E-state index contributed by atoms with van der Waals surface area (Å²) in [6, 6.07) is 8.01. The molecule has 1 atom stereocenters. The van der Waals surface area contributed by atoms with Crippen LogP contribution in [0.2, 0.25) is 10.0 Å². The molecule has 1 N–H and O–H groups in total. The first-order chi connectivity index (χ1) is 14.8. The highest BCUT2D eigenvalue weighted by Gasteiger charge is 2.21. The van der Waals surface area contributed by atoms with E-state index in [9.17, 15) is 13.6 Å². The van der Waals surface area contributed by atoms with Gasteiger partial charge in [0.2, 0.25) is 5.91 Å². The Morgan fingerprint density at radius 3 is 2.58 bits per heavy atom. The summed E-state index contributed by atoms with van der Waals surface area (Å²) in [5.41, 5.74) is 0.345. The molecule has 6 nitrogen and oxygen atoms in total. The molecule has 0 aliphatic carbocycles. The highest BCUT2D eigenvalue weighted by Crippen LogP contribution is 2.30. The van der Waals surface area contributed by atoms with Gasteiger partial charge in [-0.15, -0.1) is 10.2 Å². The number of nitrogens with zero attached hydrogens (tertiary/aromatic N) is 3. The average Bonchev–Trinajstić information content (AvgIpc) is 3.14. The Kier molecular flexibility index (Phi) is 7.74. The zero-order valence-electron chi connectivity index (χ0n) is 16.5. The summed E-state index contributed by atoms with van der Waals surface area (Å²) < 4.78 is 34.3. The maximum Gasteiger partial charge on any atom is 0.234 e. The van der Waals surface area contributed by atoms with Crippen molar-refractivity contribution in [3.8, 4) is 5.75 Å². The number of hydrogen-bond donors (Lipinski definition) is 1. The molecule has 1 aromatic heterocycles. The summed E-state index contributed by atoms with van der Waals surface area (Å²) in [6.45, 7) is 4.06. The zero-order chi connectivity index (χ0) is 22.5. The van der Waals surface area contributed by atoms with Gasteiger partial charge >= 0.3 is 0 Å². The lowest BCUT2D eigenvalue weighted by Crippen LogP contribution is -2.16. The molecule has 1 unspecified atom stereocenters. The quantitative estimate of drug-likeness (QED) is 0.410. The predicted octanol–water partition coefficient (Wildman–Crippen LogP) is 5.75. The number of ether oxygens (including phenoxy) is 1. The van der Waals surface area contributed by atoms with E-state index in [2.05, 4.69) is 15.5 Å². The second-order valence-electron chi connectivity index (χ2n) is 6.35. The molecule has 0 fully saturated rings. The summed E-state index contributed by atoms with van der Waals surface area (Å²) in [7, 11) is 0. The molecular formula is C20H18Cl2F2N4O2S. The molecule has 0 bridgehead atoms. The fourth-order valence-corrected chi connectivity index (χ4v) is 4.04. The fraction of sp³-hybridized carbons (Fsp3) is 0.250. The largest absolute Gasteiger partial charge is 0.480 e. The van der Waals surface area contributed by atoms with E-state index < -0.39 is 17.7 Å². The van der Waals surface area contributed by atoms with Crippen LogP contribution in [-0.4, -0.2) is 26.4 Å². The first-order valence-electron chi connectivity index (χ1n) is 9.21. The third-order valence-electron chi connectivity index (χ3n) is 4.18. The smallest absolute Gasteiger partial charge is 0.234 e. The van der Waals surface area contributed by atoms with Crippen LogP contribution in [0.25, 0.3) is 0 Å². The van der Waals surface area contributed by atoms with Crippen LogP contribution in [0.1, 0.15) is 25.8 Å². The van der Waals surface area contributed by atoms with Crippen LogP contribution in [0, 0.1) is 11.6 Å². The van der Waals surface area contributed by atoms with E-state index in [1.165, 1.54) is 17.8 Å². The molecule has 1 amide bonds. The van der Waals surface area contributed by atoms with Crippen molar-refractivity contribution in [2.24, 2.45) is 0 Å². The van der Waals surface area contributed by atoms with Gasteiger partial charge in [-0.25, -0.2) is 8.78 Å². The van der Waals surface area contributed by atoms with E-state index in [-0.39, 0.29) is 17.4 Å². The molecule has 0 radical (unpaired) electrons. The second-order valence-corrected chi connectivity index (χ2v) is 8.11. The van der Waals surface area contributed by atoms with E-state index in [0.717, 1.165) is 12.1 Å². The van der Waals surface area contributed by atoms with Crippen LogP contribution in [0.4, 0.5) is 14.5 Å². The Balaban J connectivity index is 1.67. The van der Waals surface area contributed by atoms with Crippen molar-refractivity contribution in [3.05, 3.63) is 63.9 Å². The first-order valence-corrected chi connectivity index (χ1v) is 11.0. The Hall–Kier alpha value is -2.36. The van der Waals surface area contributed by atoms with Gasteiger partial charge in [0.1, 0.15) is 5.82 Å². The molecule has 0 aliphatic heterocycles. The lowest BCUT2D eigenvalue weighted by atomic mass is 10.3. The van der Waals surface area contributed by atoms with Gasteiger partial charge in [0, 0.05) is 12.6 Å². The first kappa shape index (κ1) is 23.3. The number of amides is 1. The van der Waals surface area contributed by atoms with Crippen LogP contribution >= 0.6 is 35.0 Å². The third kappa shape index (κ3) is 5.66. The van der Waals surface area contributed by atoms with Crippen LogP contribution < -0.4 is 10.1 Å². The lowest BCUT2D eigenvalue weighted by Gasteiger charge is -2.16. The van der Waals surface area contributed by atoms with Gasteiger partial charge in [-0.3, -0.25) is 4.79 Å². The number of anilines is 1. The minimum absolute atomic E-state index is 0.0432. The highest BCUT2D eigenvalue weighted by atomic mass is 35.5. The number of hydrogen-bond acceptors (Lipinski definition) is 5. The van der Waals surface area contributed by atoms with Crippen molar-refractivity contribution in [2.45, 2.75) is 31.7 Å². The van der Waals surface area contributed by atoms with Crippen molar-refractivity contribution in [2.75, 3.05) is 11.1 Å². The highest BCUT2D eigenvalue weighted by molar-refractivity contribution is 7.99. The number of carbonyl (C=O) groups excluding carboxylic acids is 1. The van der Waals surface area contributed by atoms with E-state index >= 15 is 0 Å². The van der Waals surface area contributed by atoms with E-state index in [4.69, 9.17) is 27.9 Å². The summed E-state index contributed by atoms with van der Waals surface area (Å²) in [4.78, 5) is 12.3. The SMILES string of the molecule is CCn1c(SCC(=O)Nc2c(Cl)cccc2Cl)nnc1C(C)Oc1ccc(F)cc1F. The van der Waals surface area contributed by atoms with Gasteiger partial charge in [0.15, 0.2) is 28.7 Å². The monoisotopic (exact) mass is 486 g/mol. The van der Waals surface area contributed by atoms with Gasteiger partial charge in [-0.05, 0) is 38.1 Å². The molecule has 0 spiro atoms. The van der Waals surface area contributed by atoms with Crippen LogP contribution in [0.3, 0.4) is 0 Å². The van der Waals surface area contributed by atoms with Gasteiger partial charge in [0.05, 0.1) is 21.5 Å². The normalized spacial score (nSPS) is 11.9. The number of halogens is 4. The number of para-hydroxylation sites is 1. The van der Waals surface area contributed by atoms with Crippen LogP contribution in [0.5, 0.6) is 5.75 Å². The van der Waals surface area contributed by atoms with Gasteiger partial charge in [0.25, 0.3) is 0 Å². The molecule has 164 valence electrons. The topological polar surface area (TPSA) is 69.0 Å². The summed E-state index contributed by atoms with van der Waals surface area (Å²) in [5.74, 6) is -1.41. The number of carbonyl (C=O) groups is 1. The third-order valence-corrected chi connectivity index (χ3v) is 5.78. The molecule has 31 heavy (non-hydrogen) atoms. The van der Waals surface area contributed by atoms with E-state index in [1.54, 1.807) is 29.7 Å². The molecule has 0 aliphatic rings. The summed E-state index contributed by atoms with van der Waals surface area (Å²) in [6.07, 6.45) is -0.655. The summed E-state index contributed by atoms with van der Waals surface area (Å²) in [5, 5.41) is 12.1. The van der Waals surface area contributed by atoms with Gasteiger partial charge in [-0.1, -0.05) is 41.0 Å². The number of aromatic nitrogens is 3. The molecule has 1 heterocycles. The van der Waals surface area contributed by atoms with Crippen molar-refractivity contribution >= 4 is 46.6 Å². The molecule has 3 rings (SSSR count). The Morgan fingerprint density at radius 1 is 1.23 bits per heavy atom. The Labute approximate surface area is 191 Å². The maximum atomic E-state index is 13.9. The zero-order valence-corrected chi connectivity index (χ0v) is 18.9. The van der Waals surface area contributed by atoms with E-state index in [1.807, 2.05) is 6.92 Å². The molecular weight excluding hydrogens is 469 g/mol. The average molecular weight is 487 g/mol. The number of thioether (sulfide) groups is 1. The summed E-state index contributed by atoms with van der Waals surface area (Å²) >= 11 is 13.3. The van der Waals surface area contributed by atoms with Crippen molar-refractivity contribution in [3.63, 3.8) is 0 Å². The maximum absolute atomic E-state index is 13.9. The van der Waals surface area contributed by atoms with Crippen molar-refractivity contribution < 1.29 is 18.3 Å². The van der Waals surface area contributed by atoms with Crippen LogP contribution in [-0.2, 0) is 11.3 Å². The lowest BCUT2D eigenvalue weighted by molar-refractivity contribution is -0.113. The minimum Gasteiger partial charge on any atom is -0.480 e. The molecule has 3 aromatic rings. The Morgan fingerprint density at radius 2 is 1.94 bits per heavy atom. The standard InChI is InChI=1S/C20H18Cl2F2N4O2S/c1-3-28-19(11(2)30-16-8-7-12(23)9-15(16)24)26-27-20(28)31-10-17(29)25-18-13(21)5-4-6-14(18)22/h4-9,11H,3,10H2,1-2H3,(H,25,29). The fourth-order valence-electron chi connectivity index (χ4n) is 2.74. The number of rotatable bonds is 8. The van der Waals surface area contributed by atoms with Gasteiger partial charge in [-0.2, -0.15) is 0 Å². The Bertz CT molecular complexity index is 1080. The molecule has 2 aromatic carbocycles. The van der Waals surface area contributed by atoms with Crippen molar-refractivity contribution in [1.29, 1.82) is 0 Å². The molecule has 11 heteroatoms. The second kappa shape index (κ2) is 10.3. The number of benzene rings is 2. The minimum atomic E-state index is -0.807. The molecule has 0 saturated carbocycles. The predicted molar refractivity (Wildman–Crippen MR) is 117 cm³/mol. The molecule has 0 saturated heterocycles. The van der Waals surface area contributed by atoms with Crippen molar-refractivity contribution in [1.82, 2.24) is 14.8 Å². The number of nitrogens with one attached hydrogen (secondary N) is 1. The van der Waals surface area contributed by atoms with Gasteiger partial charge < -0.3 is 14.6 Å².